The molecule has 30 heavy (non-hydrogen) atoms. The first-order chi connectivity index (χ1) is 14.0. The van der Waals surface area contributed by atoms with Crippen LogP contribution in [-0.4, -0.2) is 55.2 Å². The molecule has 6 nitrogen and oxygen atoms in total. The van der Waals surface area contributed by atoms with E-state index in [0.29, 0.717) is 0 Å². The second-order valence-corrected chi connectivity index (χ2v) is 7.86. The van der Waals surface area contributed by atoms with Gasteiger partial charge in [0.05, 0.1) is 6.04 Å². The number of urea groups is 1. The van der Waals surface area contributed by atoms with E-state index in [1.54, 1.807) is 0 Å². The number of piperidine rings is 1. The Balaban J connectivity index is 1.92. The van der Waals surface area contributed by atoms with Gasteiger partial charge in [0, 0.05) is 12.1 Å². The standard InChI is InChI=1S/C18H20ClF5N4O2/c1-28-5-4-8(6-12(28)18(22,23)24)15(9-2-3-10(20)13(19)14(9)21)27-16(29)11-7-25-17(30)26-11/h2-3,8,11-12,15H,4-7H2,1H3,(H,27,29)(H2,25,26,30)/t8?,11?,12?,15-/m0/s1. The van der Waals surface area contributed by atoms with Crippen molar-refractivity contribution in [1.82, 2.24) is 20.9 Å². The second-order valence-electron chi connectivity index (χ2n) is 7.48. The van der Waals surface area contributed by atoms with Crippen molar-refractivity contribution in [1.29, 1.82) is 0 Å². The normalized spacial score (nSPS) is 26.1. The first-order valence-corrected chi connectivity index (χ1v) is 9.62. The van der Waals surface area contributed by atoms with Crippen molar-refractivity contribution >= 4 is 23.5 Å². The van der Waals surface area contributed by atoms with E-state index in [-0.39, 0.29) is 25.1 Å². The summed E-state index contributed by atoms with van der Waals surface area (Å²) in [6.07, 6.45) is -4.67. The van der Waals surface area contributed by atoms with Crippen molar-refractivity contribution in [2.24, 2.45) is 5.92 Å². The smallest absolute Gasteiger partial charge is 0.347 e. The zero-order valence-electron chi connectivity index (χ0n) is 15.8. The first-order valence-electron chi connectivity index (χ1n) is 9.24. The Morgan fingerprint density at radius 3 is 2.63 bits per heavy atom. The number of benzene rings is 1. The molecule has 3 N–H and O–H groups in total. The van der Waals surface area contributed by atoms with E-state index in [1.165, 1.54) is 7.05 Å². The van der Waals surface area contributed by atoms with Crippen LogP contribution in [0.25, 0.3) is 0 Å². The molecular formula is C18H20ClF5N4O2. The molecule has 0 bridgehead atoms. The highest BCUT2D eigenvalue weighted by atomic mass is 35.5. The van der Waals surface area contributed by atoms with Crippen LogP contribution in [0.4, 0.5) is 26.7 Å². The summed E-state index contributed by atoms with van der Waals surface area (Å²) in [5.74, 6) is -3.65. The van der Waals surface area contributed by atoms with Crippen LogP contribution >= 0.6 is 11.6 Å². The predicted octanol–water partition coefficient (Wildman–Crippen LogP) is 2.73. The molecule has 2 saturated heterocycles. The van der Waals surface area contributed by atoms with E-state index in [9.17, 15) is 31.5 Å². The van der Waals surface area contributed by atoms with Gasteiger partial charge >= 0.3 is 12.2 Å². The van der Waals surface area contributed by atoms with E-state index < -0.39 is 65.2 Å². The van der Waals surface area contributed by atoms with Crippen molar-refractivity contribution in [3.05, 3.63) is 34.4 Å². The SMILES string of the molecule is CN1CCC([C@H](NC(=O)C2CNC(=O)N2)c2ccc(F)c(Cl)c2F)CC1C(F)(F)F. The molecule has 3 rings (SSSR count). The Hall–Kier alpha value is -2.14. The number of hydrogen-bond donors (Lipinski definition) is 3. The third-order valence-electron chi connectivity index (χ3n) is 5.55. The van der Waals surface area contributed by atoms with E-state index >= 15 is 0 Å². The van der Waals surface area contributed by atoms with E-state index in [1.807, 2.05) is 0 Å². The fourth-order valence-electron chi connectivity index (χ4n) is 3.89. The van der Waals surface area contributed by atoms with E-state index in [4.69, 9.17) is 11.6 Å². The van der Waals surface area contributed by atoms with Gasteiger partial charge < -0.3 is 16.0 Å². The Kier molecular flexibility index (Phi) is 6.42. The number of nitrogens with zero attached hydrogens (tertiary/aromatic N) is 1. The summed E-state index contributed by atoms with van der Waals surface area (Å²) in [5, 5.41) is 6.49. The van der Waals surface area contributed by atoms with Crippen LogP contribution in [0.2, 0.25) is 5.02 Å². The lowest BCUT2D eigenvalue weighted by molar-refractivity contribution is -0.192. The average molecular weight is 455 g/mol. The number of hydrogen-bond acceptors (Lipinski definition) is 3. The van der Waals surface area contributed by atoms with Crippen molar-refractivity contribution in [2.45, 2.75) is 37.1 Å². The molecule has 1 aromatic carbocycles. The number of likely N-dealkylation sites (tertiary alicyclic amines) is 1. The van der Waals surface area contributed by atoms with Crippen molar-refractivity contribution < 1.29 is 31.5 Å². The second kappa shape index (κ2) is 8.54. The maximum Gasteiger partial charge on any atom is 0.404 e. The summed E-state index contributed by atoms with van der Waals surface area (Å²) in [5.41, 5.74) is -0.206. The minimum atomic E-state index is -4.51. The molecule has 2 fully saturated rings. The van der Waals surface area contributed by atoms with Gasteiger partial charge in [-0.05, 0) is 38.4 Å². The maximum atomic E-state index is 14.7. The van der Waals surface area contributed by atoms with Crippen molar-refractivity contribution in [3.8, 4) is 0 Å². The molecule has 0 aliphatic carbocycles. The number of carbonyl (C=O) groups is 2. The van der Waals surface area contributed by atoms with Crippen LogP contribution < -0.4 is 16.0 Å². The van der Waals surface area contributed by atoms with Gasteiger partial charge in [-0.15, -0.1) is 0 Å². The minimum absolute atomic E-state index is 0.0252. The van der Waals surface area contributed by atoms with Gasteiger partial charge in [-0.1, -0.05) is 17.7 Å². The van der Waals surface area contributed by atoms with Crippen LogP contribution in [0, 0.1) is 17.6 Å². The van der Waals surface area contributed by atoms with Gasteiger partial charge in [0.2, 0.25) is 5.91 Å². The molecule has 12 heteroatoms. The molecule has 1 aromatic rings. The van der Waals surface area contributed by atoms with Gasteiger partial charge in [0.1, 0.15) is 28.7 Å². The Labute approximate surface area is 174 Å². The maximum absolute atomic E-state index is 14.7. The summed E-state index contributed by atoms with van der Waals surface area (Å²) in [6, 6.07) is -2.54. The molecule has 0 saturated carbocycles. The summed E-state index contributed by atoms with van der Waals surface area (Å²) < 4.78 is 68.7. The van der Waals surface area contributed by atoms with Crippen LogP contribution in [-0.2, 0) is 4.79 Å². The highest BCUT2D eigenvalue weighted by Gasteiger charge is 2.47. The molecule has 2 heterocycles. The van der Waals surface area contributed by atoms with Crippen molar-refractivity contribution in [3.63, 3.8) is 0 Å². The van der Waals surface area contributed by atoms with Gasteiger partial charge in [0.25, 0.3) is 0 Å². The molecule has 0 aromatic heterocycles. The molecule has 3 amide bonds. The quantitative estimate of drug-likeness (QED) is 0.484. The summed E-state index contributed by atoms with van der Waals surface area (Å²) in [4.78, 5) is 25.0. The highest BCUT2D eigenvalue weighted by molar-refractivity contribution is 6.31. The number of nitrogens with one attached hydrogen (secondary N) is 3. The van der Waals surface area contributed by atoms with Crippen LogP contribution in [0.1, 0.15) is 24.4 Å². The summed E-state index contributed by atoms with van der Waals surface area (Å²) in [6.45, 7) is 0.0438. The fraction of sp³-hybridized carbons (Fsp3) is 0.556. The molecule has 4 atom stereocenters. The van der Waals surface area contributed by atoms with E-state index in [0.717, 1.165) is 17.0 Å². The lowest BCUT2D eigenvalue weighted by atomic mass is 9.81. The molecule has 166 valence electrons. The van der Waals surface area contributed by atoms with Crippen LogP contribution in [0.3, 0.4) is 0 Å². The number of amides is 3. The lowest BCUT2D eigenvalue weighted by Gasteiger charge is -2.41. The third-order valence-corrected chi connectivity index (χ3v) is 5.89. The Morgan fingerprint density at radius 1 is 1.33 bits per heavy atom. The topological polar surface area (TPSA) is 73.5 Å². The van der Waals surface area contributed by atoms with Gasteiger partial charge in [-0.3, -0.25) is 9.69 Å². The van der Waals surface area contributed by atoms with Gasteiger partial charge in [-0.2, -0.15) is 13.2 Å². The van der Waals surface area contributed by atoms with Gasteiger partial charge in [0.15, 0.2) is 0 Å². The van der Waals surface area contributed by atoms with Crippen LogP contribution in [0.5, 0.6) is 0 Å². The lowest BCUT2D eigenvalue weighted by Crippen LogP contribution is -2.52. The zero-order valence-corrected chi connectivity index (χ0v) is 16.6. The Bertz CT molecular complexity index is 838. The number of halogens is 6. The molecule has 0 radical (unpaired) electrons. The number of rotatable bonds is 4. The monoisotopic (exact) mass is 454 g/mol. The first kappa shape index (κ1) is 22.5. The molecule has 3 unspecified atom stereocenters. The largest absolute Gasteiger partial charge is 0.404 e. The minimum Gasteiger partial charge on any atom is -0.347 e. The third kappa shape index (κ3) is 4.61. The van der Waals surface area contributed by atoms with Crippen molar-refractivity contribution in [2.75, 3.05) is 20.1 Å². The number of alkyl halides is 3. The molecule has 2 aliphatic heterocycles. The summed E-state index contributed by atoms with van der Waals surface area (Å²) in [7, 11) is 1.34. The fourth-order valence-corrected chi connectivity index (χ4v) is 4.07. The molecular weight excluding hydrogens is 435 g/mol. The number of carbonyl (C=O) groups excluding carboxylic acids is 2. The zero-order chi connectivity index (χ0) is 22.2. The summed E-state index contributed by atoms with van der Waals surface area (Å²) >= 11 is 5.66. The average Bonchev–Trinajstić information content (AvgIpc) is 3.11. The van der Waals surface area contributed by atoms with Crippen LogP contribution in [0.15, 0.2) is 12.1 Å². The Morgan fingerprint density at radius 2 is 2.03 bits per heavy atom. The highest BCUT2D eigenvalue weighted by Crippen LogP contribution is 2.40. The van der Waals surface area contributed by atoms with E-state index in [2.05, 4.69) is 16.0 Å². The predicted molar refractivity (Wildman–Crippen MR) is 97.8 cm³/mol. The molecule has 2 aliphatic rings. The molecule has 0 spiro atoms. The van der Waals surface area contributed by atoms with Gasteiger partial charge in [-0.25, -0.2) is 13.6 Å².